The summed E-state index contributed by atoms with van der Waals surface area (Å²) in [5, 5.41) is 0.712. The lowest BCUT2D eigenvalue weighted by Crippen LogP contribution is -2.18. The van der Waals surface area contributed by atoms with Gasteiger partial charge in [-0.2, -0.15) is 21.6 Å². The van der Waals surface area contributed by atoms with E-state index in [-0.39, 0.29) is 6.07 Å². The van der Waals surface area contributed by atoms with Crippen molar-refractivity contribution >= 4 is 22.1 Å². The zero-order chi connectivity index (χ0) is 20.0. The Morgan fingerprint density at radius 3 is 2.35 bits per heavy atom. The highest BCUT2D eigenvalue weighted by Crippen LogP contribution is 2.32. The number of halogens is 4. The molecule has 26 heavy (non-hydrogen) atoms. The number of primary amides is 1. The molecule has 0 bridgehead atoms. The van der Waals surface area contributed by atoms with Crippen molar-refractivity contribution in [2.75, 3.05) is 0 Å². The van der Waals surface area contributed by atoms with Crippen molar-refractivity contribution in [1.82, 2.24) is 4.98 Å². The molecule has 0 aliphatic heterocycles. The lowest BCUT2D eigenvalue weighted by molar-refractivity contribution is -0.138. The fourth-order valence-corrected chi connectivity index (χ4v) is 1.93. The molecule has 140 valence electrons. The maximum atomic E-state index is 12.5. The highest BCUT2D eigenvalue weighted by molar-refractivity contribution is 7.88. The third kappa shape index (κ3) is 7.40. The van der Waals surface area contributed by atoms with Gasteiger partial charge in [-0.15, -0.1) is 0 Å². The molecule has 1 heterocycles. The molecule has 1 aromatic carbocycles. The topological polar surface area (TPSA) is 110 Å². The molecular weight excluding hydrogens is 380 g/mol. The molecule has 1 amide bonds. The normalized spacial score (nSPS) is 11.7. The van der Waals surface area contributed by atoms with Crippen LogP contribution in [0.2, 0.25) is 0 Å². The summed E-state index contributed by atoms with van der Waals surface area (Å²) >= 11 is 0. The largest absolute Gasteiger partial charge is 0.417 e. The summed E-state index contributed by atoms with van der Waals surface area (Å²) in [5.74, 6) is -2.31. The number of aromatic nitrogens is 1. The first kappa shape index (κ1) is 21.3. The molecule has 0 spiro atoms. The van der Waals surface area contributed by atoms with Crippen LogP contribution in [0.5, 0.6) is 0 Å². The zero-order valence-corrected chi connectivity index (χ0v) is 13.6. The number of carbonyl (C=O) groups is 1. The Kier molecular flexibility index (Phi) is 6.98. The van der Waals surface area contributed by atoms with E-state index in [1.165, 1.54) is 12.3 Å². The minimum absolute atomic E-state index is 0.236. The van der Waals surface area contributed by atoms with Crippen molar-refractivity contribution in [1.29, 1.82) is 0 Å². The van der Waals surface area contributed by atoms with Gasteiger partial charge in [0.25, 0.3) is 10.1 Å². The molecule has 0 unspecified atom stereocenters. The van der Waals surface area contributed by atoms with Gasteiger partial charge in [-0.05, 0) is 35.9 Å². The average Bonchev–Trinajstić information content (AvgIpc) is 2.53. The first-order valence-corrected chi connectivity index (χ1v) is 8.12. The van der Waals surface area contributed by atoms with Crippen molar-refractivity contribution in [3.05, 3.63) is 70.6 Å². The van der Waals surface area contributed by atoms with Crippen LogP contribution in [0.1, 0.15) is 21.5 Å². The van der Waals surface area contributed by atoms with Gasteiger partial charge in [0, 0.05) is 12.4 Å². The van der Waals surface area contributed by atoms with Crippen LogP contribution in [0.15, 0.2) is 48.1 Å². The maximum absolute atomic E-state index is 12.5. The van der Waals surface area contributed by atoms with E-state index < -0.39 is 39.1 Å². The second kappa shape index (κ2) is 8.54. The van der Waals surface area contributed by atoms with E-state index >= 15 is 0 Å². The van der Waals surface area contributed by atoms with Crippen LogP contribution < -0.4 is 5.73 Å². The van der Waals surface area contributed by atoms with Gasteiger partial charge in [0.2, 0.25) is 5.91 Å². The van der Waals surface area contributed by atoms with E-state index in [2.05, 4.69) is 4.98 Å². The highest BCUT2D eigenvalue weighted by Gasteiger charge is 2.35. The molecule has 2 aromatic rings. The molecule has 0 saturated carbocycles. The third-order valence-corrected chi connectivity index (χ3v) is 3.15. The smallest absolute Gasteiger partial charge is 0.366 e. The predicted octanol–water partition coefficient (Wildman–Crippen LogP) is 2.88. The summed E-state index contributed by atoms with van der Waals surface area (Å²) in [7, 11) is -4.03. The molecule has 1 aromatic heterocycles. The molecule has 11 heteroatoms. The Morgan fingerprint density at radius 2 is 1.88 bits per heavy atom. The summed E-state index contributed by atoms with van der Waals surface area (Å²) in [6.45, 7) is 0. The molecule has 3 N–H and O–H groups in total. The molecule has 6 nitrogen and oxygen atoms in total. The molecule has 0 saturated heterocycles. The number of carbonyl (C=O) groups excluding carboxylic acids is 1. The summed E-state index contributed by atoms with van der Waals surface area (Å²) in [5.41, 5.74) is 3.23. The van der Waals surface area contributed by atoms with Gasteiger partial charge in [0.1, 0.15) is 5.82 Å². The van der Waals surface area contributed by atoms with Crippen molar-refractivity contribution in [3.63, 3.8) is 0 Å². The second-order valence-electron chi connectivity index (χ2n) is 4.66. The standard InChI is InChI=1S/C8H5F4NO.C7H7NO3S/c9-4-1-2-5(7(13)14)6(3-4)8(10,11)12;9-12(10,11)5-3-7-2-1-4-8-6-7/h1-3H,(H2,13,14);1-6H,(H,9,10,11)/b;5-3+. The summed E-state index contributed by atoms with van der Waals surface area (Å²) < 4.78 is 78.0. The number of alkyl halides is 3. The van der Waals surface area contributed by atoms with Gasteiger partial charge >= 0.3 is 6.18 Å². The monoisotopic (exact) mass is 392 g/mol. The summed E-state index contributed by atoms with van der Waals surface area (Å²) in [6.07, 6.45) is -0.457. The van der Waals surface area contributed by atoms with E-state index in [1.807, 2.05) is 0 Å². The number of rotatable bonds is 3. The number of nitrogens with zero attached hydrogens (tertiary/aromatic N) is 1. The first-order valence-electron chi connectivity index (χ1n) is 6.62. The highest BCUT2D eigenvalue weighted by atomic mass is 32.2. The van der Waals surface area contributed by atoms with Gasteiger partial charge in [-0.1, -0.05) is 6.07 Å². The van der Waals surface area contributed by atoms with Crippen molar-refractivity contribution in [2.24, 2.45) is 5.73 Å². The number of nitrogens with two attached hydrogens (primary N) is 1. The van der Waals surface area contributed by atoms with Crippen LogP contribution in [0, 0.1) is 5.82 Å². The molecule has 0 fully saturated rings. The minimum Gasteiger partial charge on any atom is -0.366 e. The molecule has 0 aliphatic rings. The van der Waals surface area contributed by atoms with Gasteiger partial charge in [-0.25, -0.2) is 4.39 Å². The van der Waals surface area contributed by atoms with E-state index in [9.17, 15) is 30.8 Å². The third-order valence-electron chi connectivity index (χ3n) is 2.67. The average molecular weight is 392 g/mol. The van der Waals surface area contributed by atoms with Crippen LogP contribution in [-0.2, 0) is 16.3 Å². The summed E-state index contributed by atoms with van der Waals surface area (Å²) in [6, 6.07) is 5.04. The molecule has 0 aliphatic carbocycles. The molecule has 0 atom stereocenters. The maximum Gasteiger partial charge on any atom is 0.417 e. The molecular formula is C15H12F4N2O4S. The Bertz CT molecular complexity index is 898. The SMILES string of the molecule is NC(=O)c1ccc(F)cc1C(F)(F)F.O=S(=O)(O)/C=C/c1cccnc1. The van der Waals surface area contributed by atoms with E-state index in [0.29, 0.717) is 17.0 Å². The van der Waals surface area contributed by atoms with E-state index in [4.69, 9.17) is 10.3 Å². The first-order chi connectivity index (χ1) is 11.9. The Balaban J connectivity index is 0.000000263. The fraction of sp³-hybridized carbons (Fsp3) is 0.0667. The number of amides is 1. The number of pyridine rings is 1. The molecule has 2 rings (SSSR count). The predicted molar refractivity (Wildman–Crippen MR) is 84.7 cm³/mol. The lowest BCUT2D eigenvalue weighted by Gasteiger charge is -2.09. The Hall–Kier alpha value is -2.79. The van der Waals surface area contributed by atoms with Crippen LogP contribution in [0.4, 0.5) is 17.6 Å². The number of hydrogen-bond donors (Lipinski definition) is 2. The van der Waals surface area contributed by atoms with Crippen molar-refractivity contribution < 1.29 is 35.3 Å². The van der Waals surface area contributed by atoms with Crippen LogP contribution >= 0.6 is 0 Å². The Labute approximate surface area is 145 Å². The quantitative estimate of drug-likeness (QED) is 0.616. The van der Waals surface area contributed by atoms with Crippen LogP contribution in [0.3, 0.4) is 0 Å². The van der Waals surface area contributed by atoms with Gasteiger partial charge < -0.3 is 5.73 Å². The van der Waals surface area contributed by atoms with E-state index in [0.717, 1.165) is 6.07 Å². The molecule has 0 radical (unpaired) electrons. The lowest BCUT2D eigenvalue weighted by atomic mass is 10.1. The zero-order valence-electron chi connectivity index (χ0n) is 12.8. The van der Waals surface area contributed by atoms with E-state index in [1.54, 1.807) is 18.3 Å². The van der Waals surface area contributed by atoms with Gasteiger partial charge in [0.05, 0.1) is 16.5 Å². The number of benzene rings is 1. The Morgan fingerprint density at radius 1 is 1.23 bits per heavy atom. The second-order valence-corrected chi connectivity index (χ2v) is 5.96. The number of hydrogen-bond acceptors (Lipinski definition) is 4. The van der Waals surface area contributed by atoms with Gasteiger partial charge in [0.15, 0.2) is 0 Å². The fourth-order valence-electron chi connectivity index (χ4n) is 1.60. The van der Waals surface area contributed by atoms with Crippen molar-refractivity contribution in [2.45, 2.75) is 6.18 Å². The van der Waals surface area contributed by atoms with Gasteiger partial charge in [-0.3, -0.25) is 14.3 Å². The summed E-state index contributed by atoms with van der Waals surface area (Å²) in [4.78, 5) is 14.3. The van der Waals surface area contributed by atoms with Crippen LogP contribution in [-0.4, -0.2) is 23.9 Å². The van der Waals surface area contributed by atoms with Crippen LogP contribution in [0.25, 0.3) is 6.08 Å². The van der Waals surface area contributed by atoms with Crippen molar-refractivity contribution in [3.8, 4) is 0 Å². The minimum atomic E-state index is -4.79.